The molecule has 0 saturated carbocycles. The largest absolute Gasteiger partial charge is 0.368 e. The number of hydrogen-bond donors (Lipinski definition) is 2. The molecule has 1 unspecified atom stereocenters. The van der Waals surface area contributed by atoms with Crippen LogP contribution in [0, 0.1) is 11.6 Å². The Hall–Kier alpha value is -3.03. The molecular formula is C17H16F2N6. The van der Waals surface area contributed by atoms with Gasteiger partial charge in [0.1, 0.15) is 17.3 Å². The highest BCUT2D eigenvalue weighted by Crippen LogP contribution is 2.33. The highest BCUT2D eigenvalue weighted by molar-refractivity contribution is 5.44. The zero-order chi connectivity index (χ0) is 17.4. The molecule has 0 bridgehead atoms. The van der Waals surface area contributed by atoms with Gasteiger partial charge in [-0.3, -0.25) is 0 Å². The summed E-state index contributed by atoms with van der Waals surface area (Å²) in [6.45, 7) is 0. The van der Waals surface area contributed by atoms with Crippen LogP contribution in [0.5, 0.6) is 0 Å². The molecule has 0 spiro atoms. The highest BCUT2D eigenvalue weighted by Gasteiger charge is 2.26. The van der Waals surface area contributed by atoms with Crippen LogP contribution >= 0.6 is 0 Å². The molecule has 2 aromatic heterocycles. The SMILES string of the molecule is Nc1nccc(NC2CCCc3c2cnn3-c2ccc(F)cc2F)n1. The van der Waals surface area contributed by atoms with Crippen LogP contribution in [-0.2, 0) is 6.42 Å². The molecule has 25 heavy (non-hydrogen) atoms. The first kappa shape index (κ1) is 15.5. The zero-order valence-electron chi connectivity index (χ0n) is 13.3. The molecule has 0 aliphatic heterocycles. The van der Waals surface area contributed by atoms with Crippen molar-refractivity contribution in [1.82, 2.24) is 19.7 Å². The van der Waals surface area contributed by atoms with E-state index in [0.29, 0.717) is 5.82 Å². The van der Waals surface area contributed by atoms with E-state index >= 15 is 0 Å². The summed E-state index contributed by atoms with van der Waals surface area (Å²) in [6.07, 6.45) is 5.90. The third-order valence-corrected chi connectivity index (χ3v) is 4.32. The van der Waals surface area contributed by atoms with Gasteiger partial charge in [0.25, 0.3) is 0 Å². The number of nitrogen functional groups attached to an aromatic ring is 1. The van der Waals surface area contributed by atoms with E-state index in [2.05, 4.69) is 20.4 Å². The fraction of sp³-hybridized carbons (Fsp3) is 0.235. The molecule has 1 aliphatic rings. The maximum atomic E-state index is 14.1. The molecule has 2 heterocycles. The number of nitrogens with two attached hydrogens (primary N) is 1. The van der Waals surface area contributed by atoms with E-state index < -0.39 is 11.6 Å². The molecule has 8 heteroatoms. The summed E-state index contributed by atoms with van der Waals surface area (Å²) in [5, 5.41) is 7.65. The summed E-state index contributed by atoms with van der Waals surface area (Å²) in [4.78, 5) is 8.03. The second-order valence-corrected chi connectivity index (χ2v) is 5.94. The second-order valence-electron chi connectivity index (χ2n) is 5.94. The molecule has 3 aromatic rings. The lowest BCUT2D eigenvalue weighted by molar-refractivity contribution is 0.558. The number of benzene rings is 1. The second kappa shape index (κ2) is 6.12. The molecular weight excluding hydrogens is 326 g/mol. The van der Waals surface area contributed by atoms with Crippen molar-refractivity contribution in [3.63, 3.8) is 0 Å². The van der Waals surface area contributed by atoms with E-state index in [0.717, 1.165) is 36.6 Å². The lowest BCUT2D eigenvalue weighted by atomic mass is 9.93. The van der Waals surface area contributed by atoms with Crippen molar-refractivity contribution < 1.29 is 8.78 Å². The summed E-state index contributed by atoms with van der Waals surface area (Å²) in [5.74, 6) is -0.413. The van der Waals surface area contributed by atoms with Gasteiger partial charge in [-0.2, -0.15) is 10.1 Å². The van der Waals surface area contributed by atoms with Gasteiger partial charge >= 0.3 is 0 Å². The van der Waals surface area contributed by atoms with Crippen molar-refractivity contribution in [3.05, 3.63) is 59.6 Å². The summed E-state index contributed by atoms with van der Waals surface area (Å²) >= 11 is 0. The lowest BCUT2D eigenvalue weighted by Gasteiger charge is -2.24. The van der Waals surface area contributed by atoms with Gasteiger partial charge in [-0.25, -0.2) is 18.4 Å². The standard InChI is InChI=1S/C17H16F2N6/c18-10-4-5-15(12(19)8-10)25-14-3-1-2-13(11(14)9-22-25)23-16-6-7-21-17(20)24-16/h4-9,13H,1-3H2,(H3,20,21,23,24). The lowest BCUT2D eigenvalue weighted by Crippen LogP contribution is -2.19. The number of anilines is 2. The van der Waals surface area contributed by atoms with E-state index in [9.17, 15) is 8.78 Å². The van der Waals surface area contributed by atoms with Crippen LogP contribution in [0.2, 0.25) is 0 Å². The van der Waals surface area contributed by atoms with Gasteiger partial charge in [0.05, 0.1) is 12.2 Å². The van der Waals surface area contributed by atoms with Crippen LogP contribution in [0.15, 0.2) is 36.7 Å². The van der Waals surface area contributed by atoms with Gasteiger partial charge in [-0.05, 0) is 37.5 Å². The van der Waals surface area contributed by atoms with Crippen LogP contribution < -0.4 is 11.1 Å². The Kier molecular flexibility index (Phi) is 3.79. The predicted molar refractivity (Wildman–Crippen MR) is 89.2 cm³/mol. The number of halogens is 2. The quantitative estimate of drug-likeness (QED) is 0.765. The van der Waals surface area contributed by atoms with E-state index in [1.807, 2.05) is 0 Å². The molecule has 4 rings (SSSR count). The van der Waals surface area contributed by atoms with Gasteiger partial charge < -0.3 is 11.1 Å². The maximum Gasteiger partial charge on any atom is 0.221 e. The molecule has 1 aliphatic carbocycles. The number of aromatic nitrogens is 4. The molecule has 0 fully saturated rings. The Morgan fingerprint density at radius 2 is 2.12 bits per heavy atom. The third kappa shape index (κ3) is 2.90. The van der Waals surface area contributed by atoms with Crippen molar-refractivity contribution in [3.8, 4) is 5.69 Å². The fourth-order valence-electron chi connectivity index (χ4n) is 3.20. The Labute approximate surface area is 142 Å². The molecule has 6 nitrogen and oxygen atoms in total. The smallest absolute Gasteiger partial charge is 0.221 e. The number of nitrogens with zero attached hydrogens (tertiary/aromatic N) is 4. The van der Waals surface area contributed by atoms with Crippen molar-refractivity contribution in [2.75, 3.05) is 11.1 Å². The summed E-state index contributed by atoms with van der Waals surface area (Å²) < 4.78 is 28.8. The van der Waals surface area contributed by atoms with E-state index in [1.165, 1.54) is 12.1 Å². The molecule has 0 radical (unpaired) electrons. The van der Waals surface area contributed by atoms with Crippen LogP contribution in [-0.4, -0.2) is 19.7 Å². The minimum Gasteiger partial charge on any atom is -0.368 e. The van der Waals surface area contributed by atoms with Crippen molar-refractivity contribution >= 4 is 11.8 Å². The van der Waals surface area contributed by atoms with Crippen molar-refractivity contribution in [1.29, 1.82) is 0 Å². The summed E-state index contributed by atoms with van der Waals surface area (Å²) in [5.41, 5.74) is 7.75. The van der Waals surface area contributed by atoms with E-state index in [1.54, 1.807) is 23.1 Å². The normalized spacial score (nSPS) is 16.5. The third-order valence-electron chi connectivity index (χ3n) is 4.32. The van der Waals surface area contributed by atoms with Crippen molar-refractivity contribution in [2.45, 2.75) is 25.3 Å². The average Bonchev–Trinajstić information content (AvgIpc) is 3.00. The molecule has 1 atom stereocenters. The van der Waals surface area contributed by atoms with Crippen LogP contribution in [0.4, 0.5) is 20.5 Å². The monoisotopic (exact) mass is 342 g/mol. The van der Waals surface area contributed by atoms with Crippen LogP contribution in [0.1, 0.15) is 30.1 Å². The molecule has 3 N–H and O–H groups in total. The number of fused-ring (bicyclic) bond motifs is 1. The molecule has 1 aromatic carbocycles. The van der Waals surface area contributed by atoms with Crippen molar-refractivity contribution in [2.24, 2.45) is 0 Å². The Balaban J connectivity index is 1.68. The zero-order valence-corrected chi connectivity index (χ0v) is 13.3. The topological polar surface area (TPSA) is 81.6 Å². The first-order chi connectivity index (χ1) is 12.1. The van der Waals surface area contributed by atoms with Crippen LogP contribution in [0.25, 0.3) is 5.69 Å². The molecule has 128 valence electrons. The molecule has 0 saturated heterocycles. The van der Waals surface area contributed by atoms with Gasteiger partial charge in [-0.15, -0.1) is 0 Å². The minimum absolute atomic E-state index is 0.00434. The highest BCUT2D eigenvalue weighted by atomic mass is 19.1. The summed E-state index contributed by atoms with van der Waals surface area (Å²) in [6, 6.07) is 5.24. The van der Waals surface area contributed by atoms with Gasteiger partial charge in [-0.1, -0.05) is 0 Å². The Morgan fingerprint density at radius 1 is 1.24 bits per heavy atom. The first-order valence-corrected chi connectivity index (χ1v) is 7.99. The number of rotatable bonds is 3. The first-order valence-electron chi connectivity index (χ1n) is 7.99. The maximum absolute atomic E-state index is 14.1. The number of hydrogen-bond acceptors (Lipinski definition) is 5. The van der Waals surface area contributed by atoms with E-state index in [4.69, 9.17) is 5.73 Å². The van der Waals surface area contributed by atoms with Gasteiger partial charge in [0.2, 0.25) is 5.95 Å². The fourth-order valence-corrected chi connectivity index (χ4v) is 3.20. The number of nitrogens with one attached hydrogen (secondary N) is 1. The molecule has 0 amide bonds. The Bertz CT molecular complexity index is 923. The minimum atomic E-state index is -0.635. The van der Waals surface area contributed by atoms with Gasteiger partial charge in [0.15, 0.2) is 5.82 Å². The summed E-state index contributed by atoms with van der Waals surface area (Å²) in [7, 11) is 0. The predicted octanol–water partition coefficient (Wildman–Crippen LogP) is 3.01. The van der Waals surface area contributed by atoms with Gasteiger partial charge in [0, 0.05) is 23.5 Å². The van der Waals surface area contributed by atoms with Crippen LogP contribution in [0.3, 0.4) is 0 Å². The average molecular weight is 342 g/mol. The van der Waals surface area contributed by atoms with E-state index in [-0.39, 0.29) is 17.7 Å². The Morgan fingerprint density at radius 3 is 2.92 bits per heavy atom.